The summed E-state index contributed by atoms with van der Waals surface area (Å²) in [5.74, 6) is -0.0460. The Hall–Kier alpha value is -1.64. The van der Waals surface area contributed by atoms with Crippen molar-refractivity contribution in [3.8, 4) is 0 Å². The van der Waals surface area contributed by atoms with Gasteiger partial charge in [0.05, 0.1) is 5.56 Å². The fraction of sp³-hybridized carbons (Fsp3) is 0.429. The van der Waals surface area contributed by atoms with E-state index in [1.54, 1.807) is 6.20 Å². The monoisotopic (exact) mass is 232 g/mol. The van der Waals surface area contributed by atoms with Gasteiger partial charge in [0.25, 0.3) is 5.91 Å². The molecular weight excluding hydrogens is 212 g/mol. The Balaban J connectivity index is 2.56. The van der Waals surface area contributed by atoms with Gasteiger partial charge in [0.15, 0.2) is 0 Å². The van der Waals surface area contributed by atoms with Crippen LogP contribution in [0.2, 0.25) is 0 Å². The van der Waals surface area contributed by atoms with Crippen molar-refractivity contribution in [2.75, 3.05) is 6.54 Å². The lowest BCUT2D eigenvalue weighted by molar-refractivity contribution is 0.0955. The van der Waals surface area contributed by atoms with Gasteiger partial charge in [-0.05, 0) is 44.7 Å². The van der Waals surface area contributed by atoms with Crippen LogP contribution in [-0.2, 0) is 6.42 Å². The van der Waals surface area contributed by atoms with Crippen LogP contribution in [0.3, 0.4) is 0 Å². The van der Waals surface area contributed by atoms with Crippen molar-refractivity contribution in [1.82, 2.24) is 10.3 Å². The Morgan fingerprint density at radius 3 is 3.00 bits per heavy atom. The zero-order valence-corrected chi connectivity index (χ0v) is 10.6. The summed E-state index contributed by atoms with van der Waals surface area (Å²) in [6.07, 6.45) is 10.8. The van der Waals surface area contributed by atoms with Crippen molar-refractivity contribution in [3.63, 3.8) is 0 Å². The maximum absolute atomic E-state index is 11.6. The maximum atomic E-state index is 11.6. The molecule has 1 amide bonds. The number of aromatic nitrogens is 1. The van der Waals surface area contributed by atoms with Crippen molar-refractivity contribution in [2.45, 2.75) is 33.1 Å². The van der Waals surface area contributed by atoms with Crippen molar-refractivity contribution in [3.05, 3.63) is 41.7 Å². The molecule has 0 saturated carbocycles. The van der Waals surface area contributed by atoms with E-state index in [9.17, 15) is 4.79 Å². The van der Waals surface area contributed by atoms with Crippen LogP contribution in [0, 0.1) is 0 Å². The lowest BCUT2D eigenvalue weighted by atomic mass is 10.1. The van der Waals surface area contributed by atoms with E-state index < -0.39 is 0 Å². The van der Waals surface area contributed by atoms with Gasteiger partial charge in [0.2, 0.25) is 0 Å². The van der Waals surface area contributed by atoms with Gasteiger partial charge in [0.1, 0.15) is 0 Å². The zero-order valence-electron chi connectivity index (χ0n) is 10.6. The highest BCUT2D eigenvalue weighted by Crippen LogP contribution is 2.07. The lowest BCUT2D eigenvalue weighted by Crippen LogP contribution is -2.22. The average molecular weight is 232 g/mol. The van der Waals surface area contributed by atoms with Gasteiger partial charge in [-0.15, -0.1) is 0 Å². The summed E-state index contributed by atoms with van der Waals surface area (Å²) in [7, 11) is 0. The molecule has 1 aromatic rings. The first-order chi connectivity index (χ1) is 8.27. The Labute approximate surface area is 103 Å². The topological polar surface area (TPSA) is 42.0 Å². The standard InChI is InChI=1S/C14H20N2O/c1-3-5-6-7-8-12-9-13(11-15-10-12)14(17)16-4-2/h3,5,9-11H,4,6-8H2,1-2H3,(H,16,17)/b5-3+. The lowest BCUT2D eigenvalue weighted by Gasteiger charge is -2.04. The minimum atomic E-state index is -0.0460. The number of hydrogen-bond donors (Lipinski definition) is 1. The second-order valence-corrected chi connectivity index (χ2v) is 3.90. The maximum Gasteiger partial charge on any atom is 0.252 e. The number of rotatable bonds is 6. The van der Waals surface area contributed by atoms with Gasteiger partial charge >= 0.3 is 0 Å². The van der Waals surface area contributed by atoms with E-state index in [-0.39, 0.29) is 5.91 Å². The fourth-order valence-electron chi connectivity index (χ4n) is 1.60. The molecule has 17 heavy (non-hydrogen) atoms. The Bertz CT molecular complexity index is 386. The molecule has 0 bridgehead atoms. The largest absolute Gasteiger partial charge is 0.352 e. The predicted octanol–water partition coefficient (Wildman–Crippen LogP) is 2.73. The van der Waals surface area contributed by atoms with E-state index >= 15 is 0 Å². The quantitative estimate of drug-likeness (QED) is 0.605. The fourth-order valence-corrected chi connectivity index (χ4v) is 1.60. The Morgan fingerprint density at radius 1 is 1.47 bits per heavy atom. The van der Waals surface area contributed by atoms with Crippen LogP contribution in [0.4, 0.5) is 0 Å². The summed E-state index contributed by atoms with van der Waals surface area (Å²) in [6, 6.07) is 1.92. The molecule has 1 N–H and O–H groups in total. The van der Waals surface area contributed by atoms with Gasteiger partial charge in [-0.1, -0.05) is 12.2 Å². The summed E-state index contributed by atoms with van der Waals surface area (Å²) in [4.78, 5) is 15.7. The zero-order chi connectivity index (χ0) is 12.5. The van der Waals surface area contributed by atoms with E-state index in [1.807, 2.05) is 26.1 Å². The first-order valence-electron chi connectivity index (χ1n) is 6.11. The highest BCUT2D eigenvalue weighted by atomic mass is 16.1. The number of allylic oxidation sites excluding steroid dienone is 2. The number of unbranched alkanes of at least 4 members (excludes halogenated alkanes) is 1. The van der Waals surface area contributed by atoms with Crippen LogP contribution in [0.25, 0.3) is 0 Å². The van der Waals surface area contributed by atoms with Crippen LogP contribution in [-0.4, -0.2) is 17.4 Å². The molecule has 0 aliphatic carbocycles. The minimum Gasteiger partial charge on any atom is -0.352 e. The van der Waals surface area contributed by atoms with Crippen molar-refractivity contribution in [2.24, 2.45) is 0 Å². The summed E-state index contributed by atoms with van der Waals surface area (Å²) < 4.78 is 0. The second kappa shape index (κ2) is 7.60. The molecule has 3 nitrogen and oxygen atoms in total. The molecule has 0 aliphatic heterocycles. The van der Waals surface area contributed by atoms with Gasteiger partial charge in [0, 0.05) is 18.9 Å². The molecule has 0 aliphatic rings. The highest BCUT2D eigenvalue weighted by Gasteiger charge is 2.04. The van der Waals surface area contributed by atoms with Gasteiger partial charge in [-0.2, -0.15) is 0 Å². The van der Waals surface area contributed by atoms with Crippen LogP contribution in [0.15, 0.2) is 30.6 Å². The molecule has 0 spiro atoms. The summed E-state index contributed by atoms with van der Waals surface area (Å²) in [6.45, 7) is 4.58. The molecule has 0 radical (unpaired) electrons. The molecular formula is C14H20N2O. The molecule has 0 fully saturated rings. The first kappa shape index (κ1) is 13.4. The number of nitrogens with zero attached hydrogens (tertiary/aromatic N) is 1. The van der Waals surface area contributed by atoms with Crippen LogP contribution < -0.4 is 5.32 Å². The van der Waals surface area contributed by atoms with Gasteiger partial charge in [-0.3, -0.25) is 9.78 Å². The van der Waals surface area contributed by atoms with Gasteiger partial charge < -0.3 is 5.32 Å². The molecule has 0 atom stereocenters. The smallest absolute Gasteiger partial charge is 0.252 e. The summed E-state index contributed by atoms with van der Waals surface area (Å²) >= 11 is 0. The molecule has 3 heteroatoms. The van der Waals surface area contributed by atoms with E-state index in [2.05, 4.69) is 22.5 Å². The SMILES string of the molecule is C/C=C/CCCc1cncc(C(=O)NCC)c1. The number of carbonyl (C=O) groups excluding carboxylic acids is 1. The first-order valence-corrected chi connectivity index (χ1v) is 6.11. The number of nitrogens with one attached hydrogen (secondary N) is 1. The van der Waals surface area contributed by atoms with Crippen molar-refractivity contribution >= 4 is 5.91 Å². The third kappa shape index (κ3) is 4.81. The molecule has 0 unspecified atom stereocenters. The third-order valence-electron chi connectivity index (χ3n) is 2.47. The Morgan fingerprint density at radius 2 is 2.29 bits per heavy atom. The van der Waals surface area contributed by atoms with E-state index in [1.165, 1.54) is 0 Å². The molecule has 92 valence electrons. The van der Waals surface area contributed by atoms with E-state index in [0.29, 0.717) is 12.1 Å². The second-order valence-electron chi connectivity index (χ2n) is 3.90. The number of carbonyl (C=O) groups is 1. The summed E-state index contributed by atoms with van der Waals surface area (Å²) in [5.41, 5.74) is 1.77. The van der Waals surface area contributed by atoms with Crippen LogP contribution >= 0.6 is 0 Å². The molecule has 1 rings (SSSR count). The van der Waals surface area contributed by atoms with Crippen LogP contribution in [0.5, 0.6) is 0 Å². The number of aryl methyl sites for hydroxylation is 1. The van der Waals surface area contributed by atoms with Crippen LogP contribution in [0.1, 0.15) is 42.6 Å². The number of amides is 1. The summed E-state index contributed by atoms with van der Waals surface area (Å²) in [5, 5.41) is 2.78. The minimum absolute atomic E-state index is 0.0460. The molecule has 1 heterocycles. The highest BCUT2D eigenvalue weighted by molar-refractivity contribution is 5.93. The predicted molar refractivity (Wildman–Crippen MR) is 70.0 cm³/mol. The van der Waals surface area contributed by atoms with E-state index in [0.717, 1.165) is 24.8 Å². The number of hydrogen-bond acceptors (Lipinski definition) is 2. The normalized spacial score (nSPS) is 10.7. The van der Waals surface area contributed by atoms with E-state index in [4.69, 9.17) is 0 Å². The molecule has 0 saturated heterocycles. The van der Waals surface area contributed by atoms with Crippen molar-refractivity contribution in [1.29, 1.82) is 0 Å². The third-order valence-corrected chi connectivity index (χ3v) is 2.47. The molecule has 0 aromatic carbocycles. The van der Waals surface area contributed by atoms with Gasteiger partial charge in [-0.25, -0.2) is 0 Å². The molecule has 1 aromatic heterocycles. The Kier molecular flexibility index (Phi) is 6.00. The average Bonchev–Trinajstić information content (AvgIpc) is 2.35. The van der Waals surface area contributed by atoms with Crippen molar-refractivity contribution < 1.29 is 4.79 Å². The number of pyridine rings is 1.